The Labute approximate surface area is 214 Å². The van der Waals surface area contributed by atoms with Crippen molar-refractivity contribution < 1.29 is 62.2 Å². The first-order chi connectivity index (χ1) is 16.5. The first kappa shape index (κ1) is 31.4. The quantitative estimate of drug-likeness (QED) is 0.210. The molecule has 2 aromatic rings. The van der Waals surface area contributed by atoms with Crippen LogP contribution in [0.5, 0.6) is 0 Å². The van der Waals surface area contributed by atoms with E-state index in [9.17, 15) is 62.2 Å². The SMILES string of the molecule is CC(c1ccccc1)C(O)(CC(F)(F)C(F)(F)C(F)(F)C(F)(F)C(F)(F)C(F)(F)F)c1ccc(I)cc1. The van der Waals surface area contributed by atoms with Crippen LogP contribution in [0.15, 0.2) is 54.6 Å². The van der Waals surface area contributed by atoms with Gasteiger partial charge in [-0.3, -0.25) is 0 Å². The van der Waals surface area contributed by atoms with E-state index in [4.69, 9.17) is 0 Å². The molecule has 1 nitrogen and oxygen atoms in total. The lowest BCUT2D eigenvalue weighted by Crippen LogP contribution is -2.70. The van der Waals surface area contributed by atoms with Gasteiger partial charge in [-0.15, -0.1) is 0 Å². The summed E-state index contributed by atoms with van der Waals surface area (Å²) in [4.78, 5) is 0. The van der Waals surface area contributed by atoms with Crippen molar-refractivity contribution in [3.63, 3.8) is 0 Å². The van der Waals surface area contributed by atoms with Gasteiger partial charge in [0.1, 0.15) is 5.60 Å². The summed E-state index contributed by atoms with van der Waals surface area (Å²) in [7, 11) is 0. The number of rotatable bonds is 9. The molecular weight excluding hydrogens is 654 g/mol. The van der Waals surface area contributed by atoms with Crippen LogP contribution in [0, 0.1) is 3.57 Å². The Morgan fingerprint density at radius 1 is 0.649 bits per heavy atom. The maximum absolute atomic E-state index is 14.8. The number of hydrogen-bond donors (Lipinski definition) is 1. The van der Waals surface area contributed by atoms with Crippen LogP contribution >= 0.6 is 22.6 Å². The van der Waals surface area contributed by atoms with E-state index in [1.165, 1.54) is 42.5 Å². The van der Waals surface area contributed by atoms with Gasteiger partial charge >= 0.3 is 35.8 Å². The molecule has 0 aliphatic rings. The van der Waals surface area contributed by atoms with Crippen LogP contribution in [-0.4, -0.2) is 40.9 Å². The van der Waals surface area contributed by atoms with Crippen LogP contribution in [0.25, 0.3) is 0 Å². The number of aliphatic hydroxyl groups is 1. The molecule has 2 rings (SSSR count). The third-order valence-corrected chi connectivity index (χ3v) is 6.57. The highest BCUT2D eigenvalue weighted by Crippen LogP contribution is 2.62. The minimum Gasteiger partial charge on any atom is -0.384 e. The lowest BCUT2D eigenvalue weighted by atomic mass is 9.73. The maximum Gasteiger partial charge on any atom is 0.460 e. The molecule has 0 amide bonds. The molecule has 0 saturated carbocycles. The molecule has 15 heteroatoms. The summed E-state index contributed by atoms with van der Waals surface area (Å²) in [5, 5.41) is 11.2. The van der Waals surface area contributed by atoms with E-state index in [0.29, 0.717) is 3.57 Å². The Hall–Kier alpha value is -1.78. The molecule has 0 fully saturated rings. The summed E-state index contributed by atoms with van der Waals surface area (Å²) in [6.07, 6.45) is -10.2. The van der Waals surface area contributed by atoms with Gasteiger partial charge in [-0.2, -0.15) is 57.1 Å². The van der Waals surface area contributed by atoms with E-state index in [1.807, 2.05) is 0 Å². The molecule has 2 unspecified atom stereocenters. The van der Waals surface area contributed by atoms with E-state index in [0.717, 1.165) is 19.1 Å². The largest absolute Gasteiger partial charge is 0.460 e. The maximum atomic E-state index is 14.8. The molecule has 1 N–H and O–H groups in total. The van der Waals surface area contributed by atoms with Crippen molar-refractivity contribution in [1.82, 2.24) is 0 Å². The highest BCUT2D eigenvalue weighted by Gasteiger charge is 2.90. The van der Waals surface area contributed by atoms with Crippen molar-refractivity contribution in [2.45, 2.75) is 60.7 Å². The van der Waals surface area contributed by atoms with E-state index in [2.05, 4.69) is 0 Å². The number of alkyl halides is 13. The predicted molar refractivity (Wildman–Crippen MR) is 113 cm³/mol. The standard InChI is InChI=1S/C22H16F13IO/c1-12(13-5-3-2-4-6-13)16(37,14-7-9-15(36)10-8-14)11-17(23,24)18(25,26)19(27,28)20(29,30)21(31,32)22(33,34)35/h2-10,12,37H,11H2,1H3. The monoisotopic (exact) mass is 670 g/mol. The van der Waals surface area contributed by atoms with Crippen molar-refractivity contribution in [2.24, 2.45) is 0 Å². The minimum absolute atomic E-state index is 0.0108. The summed E-state index contributed by atoms with van der Waals surface area (Å²) in [6, 6.07) is 10.8. The second kappa shape index (κ2) is 9.75. The normalized spacial score (nSPS) is 16.9. The molecule has 0 aliphatic heterocycles. The zero-order valence-corrected chi connectivity index (χ0v) is 20.4. The summed E-state index contributed by atoms with van der Waals surface area (Å²) >= 11 is 1.73. The summed E-state index contributed by atoms with van der Waals surface area (Å²) in [6.45, 7) is 1.01. The molecule has 0 aliphatic carbocycles. The molecule has 208 valence electrons. The second-order valence-electron chi connectivity index (χ2n) is 8.24. The minimum atomic E-state index is -8.00. The lowest BCUT2D eigenvalue weighted by Gasteiger charge is -2.43. The Morgan fingerprint density at radius 3 is 1.51 bits per heavy atom. The van der Waals surface area contributed by atoms with Crippen LogP contribution in [0.3, 0.4) is 0 Å². The molecule has 2 atom stereocenters. The summed E-state index contributed by atoms with van der Waals surface area (Å²) < 4.78 is 177. The third kappa shape index (κ3) is 5.13. The van der Waals surface area contributed by atoms with Crippen LogP contribution in [0.2, 0.25) is 0 Å². The average Bonchev–Trinajstić information content (AvgIpc) is 2.77. The second-order valence-corrected chi connectivity index (χ2v) is 9.49. The van der Waals surface area contributed by atoms with Crippen molar-refractivity contribution in [3.05, 3.63) is 69.3 Å². The first-order valence-electron chi connectivity index (χ1n) is 9.96. The fraction of sp³-hybridized carbons (Fsp3) is 0.455. The molecule has 0 bridgehead atoms. The highest BCUT2D eigenvalue weighted by atomic mass is 127. The predicted octanol–water partition coefficient (Wildman–Crippen LogP) is 8.41. The summed E-state index contributed by atoms with van der Waals surface area (Å²) in [5.41, 5.74) is -3.81. The molecule has 0 heterocycles. The molecule has 0 saturated heterocycles. The fourth-order valence-corrected chi connectivity index (χ4v) is 3.87. The van der Waals surface area contributed by atoms with Gasteiger partial charge in [0, 0.05) is 9.49 Å². The Morgan fingerprint density at radius 2 is 1.08 bits per heavy atom. The first-order valence-corrected chi connectivity index (χ1v) is 11.0. The van der Waals surface area contributed by atoms with Crippen molar-refractivity contribution in [2.75, 3.05) is 0 Å². The third-order valence-electron chi connectivity index (χ3n) is 5.85. The van der Waals surface area contributed by atoms with Gasteiger partial charge in [0.15, 0.2) is 0 Å². The Bertz CT molecular complexity index is 1070. The van der Waals surface area contributed by atoms with Crippen LogP contribution in [-0.2, 0) is 5.60 Å². The Kier molecular flexibility index (Phi) is 8.29. The van der Waals surface area contributed by atoms with Crippen LogP contribution in [0.1, 0.15) is 30.4 Å². The van der Waals surface area contributed by atoms with Crippen LogP contribution in [0.4, 0.5) is 57.1 Å². The molecule has 0 radical (unpaired) electrons. The zero-order chi connectivity index (χ0) is 28.9. The van der Waals surface area contributed by atoms with Gasteiger partial charge in [-0.1, -0.05) is 49.4 Å². The topological polar surface area (TPSA) is 20.2 Å². The van der Waals surface area contributed by atoms with Crippen molar-refractivity contribution in [1.29, 1.82) is 0 Å². The highest BCUT2D eigenvalue weighted by molar-refractivity contribution is 14.1. The molecule has 2 aromatic carbocycles. The Balaban J connectivity index is 2.67. The van der Waals surface area contributed by atoms with Gasteiger partial charge < -0.3 is 5.11 Å². The van der Waals surface area contributed by atoms with E-state index in [1.54, 1.807) is 22.6 Å². The lowest BCUT2D eigenvalue weighted by molar-refractivity contribution is -0.441. The van der Waals surface area contributed by atoms with Crippen LogP contribution < -0.4 is 0 Å². The number of halogens is 14. The van der Waals surface area contributed by atoms with E-state index >= 15 is 0 Å². The van der Waals surface area contributed by atoms with Gasteiger partial charge in [0.25, 0.3) is 0 Å². The average molecular weight is 670 g/mol. The smallest absolute Gasteiger partial charge is 0.384 e. The zero-order valence-electron chi connectivity index (χ0n) is 18.2. The fourth-order valence-electron chi connectivity index (χ4n) is 3.51. The van der Waals surface area contributed by atoms with E-state index in [-0.39, 0.29) is 5.56 Å². The molecule has 37 heavy (non-hydrogen) atoms. The van der Waals surface area contributed by atoms with Gasteiger partial charge in [0.05, 0.1) is 6.42 Å². The number of hydrogen-bond acceptors (Lipinski definition) is 1. The van der Waals surface area contributed by atoms with Gasteiger partial charge in [0.2, 0.25) is 0 Å². The van der Waals surface area contributed by atoms with Gasteiger partial charge in [-0.05, 0) is 45.9 Å². The number of benzene rings is 2. The molecule has 0 aromatic heterocycles. The van der Waals surface area contributed by atoms with Gasteiger partial charge in [-0.25, -0.2) is 0 Å². The molecular formula is C22H16F13IO. The van der Waals surface area contributed by atoms with Crippen molar-refractivity contribution >= 4 is 22.6 Å². The molecule has 0 spiro atoms. The van der Waals surface area contributed by atoms with E-state index < -0.39 is 59.3 Å². The van der Waals surface area contributed by atoms with Crippen molar-refractivity contribution in [3.8, 4) is 0 Å². The summed E-state index contributed by atoms with van der Waals surface area (Å²) in [5.74, 6) is -39.3.